The molecule has 180 valence electrons. The predicted octanol–water partition coefficient (Wildman–Crippen LogP) is 8.75. The van der Waals surface area contributed by atoms with E-state index in [9.17, 15) is 0 Å². The molecule has 31 heavy (non-hydrogen) atoms. The van der Waals surface area contributed by atoms with Crippen LogP contribution in [0.15, 0.2) is 11.8 Å². The van der Waals surface area contributed by atoms with Gasteiger partial charge in [-0.15, -0.1) is 0 Å². The van der Waals surface area contributed by atoms with E-state index < -0.39 is 5.79 Å². The molecule has 2 fully saturated rings. The molecule has 0 aliphatic heterocycles. The molecular weight excluding hydrogens is 380 g/mol. The highest BCUT2D eigenvalue weighted by molar-refractivity contribution is 5.12. The molecule has 0 aromatic heterocycles. The van der Waals surface area contributed by atoms with E-state index in [0.717, 1.165) is 49.0 Å². The molecule has 2 nitrogen and oxygen atoms in total. The molecule has 3 rings (SSSR count). The lowest BCUT2D eigenvalue weighted by atomic mass is 9.69. The van der Waals surface area contributed by atoms with Crippen molar-refractivity contribution in [1.29, 1.82) is 0 Å². The van der Waals surface area contributed by atoms with Crippen molar-refractivity contribution >= 4 is 0 Å². The summed E-state index contributed by atoms with van der Waals surface area (Å²) < 4.78 is 12.7. The van der Waals surface area contributed by atoms with Gasteiger partial charge in [0.25, 0.3) is 0 Å². The standard InChI is InChI=1S/C29H52O2/c1-21(2)27-25-20-24(17-16-23(25)19-26(27)28(3,4)5)31-29(6,7)30-18-12-11-15-22-13-9-8-10-14-22/h20-23,25-27H,8-19H2,1-7H3. The van der Waals surface area contributed by atoms with Gasteiger partial charge in [0.2, 0.25) is 5.79 Å². The van der Waals surface area contributed by atoms with Crippen molar-refractivity contribution in [2.45, 2.75) is 125 Å². The third kappa shape index (κ3) is 6.99. The van der Waals surface area contributed by atoms with Crippen LogP contribution >= 0.6 is 0 Å². The van der Waals surface area contributed by atoms with Crippen molar-refractivity contribution in [2.24, 2.45) is 40.9 Å². The molecule has 3 aliphatic rings. The van der Waals surface area contributed by atoms with Crippen LogP contribution in [0.2, 0.25) is 0 Å². The summed E-state index contributed by atoms with van der Waals surface area (Å²) in [5.74, 6) is 5.48. The van der Waals surface area contributed by atoms with Gasteiger partial charge in [-0.3, -0.25) is 0 Å². The quantitative estimate of drug-likeness (QED) is 0.268. The molecule has 0 heterocycles. The highest BCUT2D eigenvalue weighted by atomic mass is 16.7. The minimum atomic E-state index is -0.515. The topological polar surface area (TPSA) is 18.5 Å². The lowest BCUT2D eigenvalue weighted by Crippen LogP contribution is -2.32. The normalized spacial score (nSPS) is 30.4. The van der Waals surface area contributed by atoms with Crippen LogP contribution in [-0.2, 0) is 9.47 Å². The van der Waals surface area contributed by atoms with Crippen LogP contribution in [0.1, 0.15) is 119 Å². The van der Waals surface area contributed by atoms with Gasteiger partial charge in [0, 0.05) is 20.3 Å². The first-order chi connectivity index (χ1) is 14.6. The van der Waals surface area contributed by atoms with Gasteiger partial charge in [-0.2, -0.15) is 0 Å². The Morgan fingerprint density at radius 1 is 0.968 bits per heavy atom. The molecule has 2 saturated carbocycles. The first kappa shape index (κ1) is 25.1. The molecule has 0 aromatic carbocycles. The number of ether oxygens (including phenoxy) is 2. The fourth-order valence-corrected chi connectivity index (χ4v) is 7.01. The number of unbranched alkanes of at least 4 members (excludes halogenated alkanes) is 1. The maximum atomic E-state index is 6.47. The van der Waals surface area contributed by atoms with Crippen LogP contribution in [-0.4, -0.2) is 12.4 Å². The first-order valence-electron chi connectivity index (χ1n) is 13.6. The van der Waals surface area contributed by atoms with Crippen LogP contribution in [0.4, 0.5) is 0 Å². The summed E-state index contributed by atoms with van der Waals surface area (Å²) in [6.45, 7) is 17.2. The third-order valence-corrected chi connectivity index (χ3v) is 8.59. The van der Waals surface area contributed by atoms with Crippen molar-refractivity contribution in [3.63, 3.8) is 0 Å². The Hall–Kier alpha value is -0.500. The second kappa shape index (κ2) is 10.6. The van der Waals surface area contributed by atoms with Crippen molar-refractivity contribution in [1.82, 2.24) is 0 Å². The lowest BCUT2D eigenvalue weighted by Gasteiger charge is -2.37. The zero-order valence-corrected chi connectivity index (χ0v) is 21.8. The van der Waals surface area contributed by atoms with E-state index >= 15 is 0 Å². The van der Waals surface area contributed by atoms with E-state index in [1.54, 1.807) is 0 Å². The smallest absolute Gasteiger partial charge is 0.204 e. The van der Waals surface area contributed by atoms with Gasteiger partial charge in [-0.05, 0) is 66.3 Å². The van der Waals surface area contributed by atoms with Crippen LogP contribution < -0.4 is 0 Å². The van der Waals surface area contributed by atoms with Crippen molar-refractivity contribution in [3.8, 4) is 0 Å². The zero-order chi connectivity index (χ0) is 22.6. The van der Waals surface area contributed by atoms with Gasteiger partial charge in [0.05, 0.1) is 12.4 Å². The number of allylic oxidation sites excluding steroid dienone is 2. The molecule has 0 spiro atoms. The molecule has 0 radical (unpaired) electrons. The summed E-state index contributed by atoms with van der Waals surface area (Å²) in [6, 6.07) is 0. The molecule has 0 bridgehead atoms. The third-order valence-electron chi connectivity index (χ3n) is 8.59. The van der Waals surface area contributed by atoms with Gasteiger partial charge < -0.3 is 9.47 Å². The van der Waals surface area contributed by atoms with Crippen molar-refractivity contribution < 1.29 is 9.47 Å². The van der Waals surface area contributed by atoms with Crippen LogP contribution in [0.3, 0.4) is 0 Å². The molecule has 2 heteroatoms. The van der Waals surface area contributed by atoms with Crippen molar-refractivity contribution in [2.75, 3.05) is 6.61 Å². The minimum Gasteiger partial charge on any atom is -0.468 e. The summed E-state index contributed by atoms with van der Waals surface area (Å²) in [5.41, 5.74) is 0.390. The predicted molar refractivity (Wildman–Crippen MR) is 132 cm³/mol. The maximum absolute atomic E-state index is 6.47. The lowest BCUT2D eigenvalue weighted by molar-refractivity contribution is -0.193. The average Bonchev–Trinajstić information content (AvgIpc) is 3.07. The second-order valence-corrected chi connectivity index (χ2v) is 12.9. The molecule has 0 aromatic rings. The van der Waals surface area contributed by atoms with Crippen LogP contribution in [0, 0.1) is 40.9 Å². The van der Waals surface area contributed by atoms with E-state index in [4.69, 9.17) is 9.47 Å². The van der Waals surface area contributed by atoms with E-state index in [2.05, 4.69) is 54.5 Å². The Bertz CT molecular complexity index is 576. The highest BCUT2D eigenvalue weighted by Gasteiger charge is 2.49. The van der Waals surface area contributed by atoms with E-state index in [-0.39, 0.29) is 0 Å². The highest BCUT2D eigenvalue weighted by Crippen LogP contribution is 2.56. The fraction of sp³-hybridized carbons (Fsp3) is 0.931. The molecule has 4 atom stereocenters. The van der Waals surface area contributed by atoms with Gasteiger partial charge in [-0.1, -0.05) is 79.6 Å². The van der Waals surface area contributed by atoms with E-state index in [1.165, 1.54) is 63.5 Å². The Morgan fingerprint density at radius 2 is 1.68 bits per heavy atom. The molecule has 0 amide bonds. The number of rotatable bonds is 9. The average molecular weight is 433 g/mol. The molecular formula is C29H52O2. The van der Waals surface area contributed by atoms with E-state index in [1.807, 2.05) is 0 Å². The largest absolute Gasteiger partial charge is 0.468 e. The van der Waals surface area contributed by atoms with Gasteiger partial charge >= 0.3 is 0 Å². The van der Waals surface area contributed by atoms with E-state index in [0.29, 0.717) is 11.3 Å². The summed E-state index contributed by atoms with van der Waals surface area (Å²) in [6.07, 6.45) is 17.4. The summed E-state index contributed by atoms with van der Waals surface area (Å²) >= 11 is 0. The Labute approximate surface area is 193 Å². The van der Waals surface area contributed by atoms with Crippen LogP contribution in [0.5, 0.6) is 0 Å². The molecule has 3 aliphatic carbocycles. The Morgan fingerprint density at radius 3 is 2.32 bits per heavy atom. The van der Waals surface area contributed by atoms with Gasteiger partial charge in [0.15, 0.2) is 0 Å². The molecule has 0 N–H and O–H groups in total. The minimum absolute atomic E-state index is 0.390. The molecule has 4 unspecified atom stereocenters. The first-order valence-corrected chi connectivity index (χ1v) is 13.6. The Kier molecular flexibility index (Phi) is 8.61. The van der Waals surface area contributed by atoms with Gasteiger partial charge in [0.1, 0.15) is 0 Å². The Balaban J connectivity index is 1.48. The summed E-state index contributed by atoms with van der Waals surface area (Å²) in [7, 11) is 0. The molecule has 0 saturated heterocycles. The van der Waals surface area contributed by atoms with Crippen LogP contribution in [0.25, 0.3) is 0 Å². The second-order valence-electron chi connectivity index (χ2n) is 12.9. The van der Waals surface area contributed by atoms with Gasteiger partial charge in [-0.25, -0.2) is 0 Å². The number of hydrogen-bond donors (Lipinski definition) is 0. The monoisotopic (exact) mass is 432 g/mol. The number of fused-ring (bicyclic) bond motifs is 1. The fourth-order valence-electron chi connectivity index (χ4n) is 7.01. The summed E-state index contributed by atoms with van der Waals surface area (Å²) in [5, 5.41) is 0. The SMILES string of the molecule is CC(C)C1C2C=C(OC(C)(C)OCCCCC3CCCCC3)CCC2CC1C(C)(C)C. The zero-order valence-electron chi connectivity index (χ0n) is 21.8. The summed E-state index contributed by atoms with van der Waals surface area (Å²) in [4.78, 5) is 0. The van der Waals surface area contributed by atoms with Crippen molar-refractivity contribution in [3.05, 3.63) is 11.8 Å². The maximum Gasteiger partial charge on any atom is 0.204 e. The number of hydrogen-bond acceptors (Lipinski definition) is 2.